The zero-order valence-electron chi connectivity index (χ0n) is 6.01. The van der Waals surface area contributed by atoms with Gasteiger partial charge in [-0.25, -0.2) is 4.98 Å². The van der Waals surface area contributed by atoms with Crippen LogP contribution < -0.4 is 4.98 Å². The quantitative estimate of drug-likeness (QED) is 0.608. The number of aliphatic hydroxyl groups is 1. The van der Waals surface area contributed by atoms with Crippen molar-refractivity contribution in [2.45, 2.75) is 5.44 Å². The number of rotatable bonds is 2. The fraction of sp³-hybridized carbons (Fsp3) is 0.167. The fourth-order valence-corrected chi connectivity index (χ4v) is 1.19. The lowest BCUT2D eigenvalue weighted by atomic mass is 10.4. The highest BCUT2D eigenvalue weighted by Gasteiger charge is 2.26. The number of H-pyrrole nitrogens is 1. The number of aromatic amines is 1. The van der Waals surface area contributed by atoms with E-state index in [1.165, 1.54) is 12.3 Å². The third-order valence-corrected chi connectivity index (χ3v) is 2.10. The van der Waals surface area contributed by atoms with Crippen LogP contribution in [0.2, 0.25) is 0 Å². The molecule has 6 heteroatoms. The Balaban J connectivity index is 3.02. The highest BCUT2D eigenvalue weighted by molar-refractivity contribution is 7.85. The number of aromatic nitrogens is 1. The van der Waals surface area contributed by atoms with E-state index in [2.05, 4.69) is 4.98 Å². The van der Waals surface area contributed by atoms with Gasteiger partial charge in [-0.1, -0.05) is 0 Å². The van der Waals surface area contributed by atoms with Crippen LogP contribution in [0.1, 0.15) is 11.1 Å². The molecule has 1 heterocycles. The highest BCUT2D eigenvalue weighted by atomic mass is 32.2. The predicted molar refractivity (Wildman–Crippen MR) is 39.5 cm³/mol. The molecule has 0 bridgehead atoms. The van der Waals surface area contributed by atoms with E-state index in [0.717, 1.165) is 0 Å². The van der Waals surface area contributed by atoms with Crippen molar-refractivity contribution in [2.75, 3.05) is 0 Å². The summed E-state index contributed by atoms with van der Waals surface area (Å²) in [6, 6.07) is 4.53. The first kappa shape index (κ1) is 9.11. The summed E-state index contributed by atoms with van der Waals surface area (Å²) in [6.07, 6.45) is 1.45. The molecule has 0 aromatic carbocycles. The van der Waals surface area contributed by atoms with E-state index in [-0.39, 0.29) is 5.69 Å². The van der Waals surface area contributed by atoms with Crippen molar-refractivity contribution >= 4 is 10.1 Å². The molecule has 0 aliphatic heterocycles. The van der Waals surface area contributed by atoms with Crippen LogP contribution >= 0.6 is 0 Å². The zero-order valence-corrected chi connectivity index (χ0v) is 6.82. The van der Waals surface area contributed by atoms with E-state index >= 15 is 0 Å². The predicted octanol–water partition coefficient (Wildman–Crippen LogP) is -0.621. The molecule has 0 fully saturated rings. The first-order valence-electron chi connectivity index (χ1n) is 3.13. The Hall–Kier alpha value is -0.980. The molecule has 0 aliphatic carbocycles. The summed E-state index contributed by atoms with van der Waals surface area (Å²) in [5.74, 6) is 0. The Morgan fingerprint density at radius 1 is 1.42 bits per heavy atom. The van der Waals surface area contributed by atoms with Gasteiger partial charge in [-0.2, -0.15) is 8.42 Å². The average Bonchev–Trinajstić information content (AvgIpc) is 2.03. The van der Waals surface area contributed by atoms with E-state index in [9.17, 15) is 8.42 Å². The van der Waals surface area contributed by atoms with Gasteiger partial charge in [0.15, 0.2) is 6.20 Å². The second-order valence-electron chi connectivity index (χ2n) is 2.19. The van der Waals surface area contributed by atoms with Crippen LogP contribution in [0.5, 0.6) is 0 Å². The van der Waals surface area contributed by atoms with E-state index in [4.69, 9.17) is 9.66 Å². The molecule has 0 spiro atoms. The van der Waals surface area contributed by atoms with Gasteiger partial charge < -0.3 is 5.11 Å². The molecule has 5 nitrogen and oxygen atoms in total. The van der Waals surface area contributed by atoms with Gasteiger partial charge in [0.05, 0.1) is 0 Å². The third-order valence-electron chi connectivity index (χ3n) is 1.28. The minimum absolute atomic E-state index is 0.0278. The highest BCUT2D eigenvalue weighted by Crippen LogP contribution is 2.11. The lowest BCUT2D eigenvalue weighted by molar-refractivity contribution is -0.395. The monoisotopic (exact) mass is 190 g/mol. The van der Waals surface area contributed by atoms with Gasteiger partial charge in [-0.3, -0.25) is 4.55 Å². The smallest absolute Gasteiger partial charge is 0.302 e. The van der Waals surface area contributed by atoms with Crippen molar-refractivity contribution in [1.82, 2.24) is 0 Å². The summed E-state index contributed by atoms with van der Waals surface area (Å²) in [5, 5.41) is 8.99. The Morgan fingerprint density at radius 2 is 2.08 bits per heavy atom. The normalized spacial score (nSPS) is 14.2. The summed E-state index contributed by atoms with van der Waals surface area (Å²) in [7, 11) is -4.43. The van der Waals surface area contributed by atoms with E-state index in [0.29, 0.717) is 0 Å². The molecule has 12 heavy (non-hydrogen) atoms. The van der Waals surface area contributed by atoms with Crippen LogP contribution in [-0.2, 0) is 10.1 Å². The Morgan fingerprint density at radius 3 is 2.50 bits per heavy atom. The Labute approximate surface area is 69.4 Å². The Bertz CT molecular complexity index is 347. The van der Waals surface area contributed by atoms with Gasteiger partial charge in [0.2, 0.25) is 5.69 Å². The van der Waals surface area contributed by atoms with Crippen LogP contribution in [0.4, 0.5) is 0 Å². The SMILES string of the molecule is O=S(=O)(O)C(O)c1cccc[nH+]1. The zero-order chi connectivity index (χ0) is 9.19. The largest absolute Gasteiger partial charge is 0.367 e. The minimum Gasteiger partial charge on any atom is -0.367 e. The van der Waals surface area contributed by atoms with Crippen LogP contribution in [0.25, 0.3) is 0 Å². The van der Waals surface area contributed by atoms with Gasteiger partial charge in [-0.15, -0.1) is 0 Å². The van der Waals surface area contributed by atoms with Crippen LogP contribution in [0.15, 0.2) is 24.4 Å². The first-order chi connectivity index (χ1) is 5.52. The molecule has 0 aliphatic rings. The molecule has 1 aromatic rings. The van der Waals surface area contributed by atoms with E-state index in [1.54, 1.807) is 12.1 Å². The summed E-state index contributed by atoms with van der Waals surface area (Å²) >= 11 is 0. The lowest BCUT2D eigenvalue weighted by Crippen LogP contribution is -2.20. The molecule has 0 amide bonds. The van der Waals surface area contributed by atoms with E-state index in [1.807, 2.05) is 0 Å². The van der Waals surface area contributed by atoms with Crippen molar-refractivity contribution in [3.8, 4) is 0 Å². The summed E-state index contributed by atoms with van der Waals surface area (Å²) in [6.45, 7) is 0. The number of nitrogens with one attached hydrogen (secondary N) is 1. The molecular weight excluding hydrogens is 182 g/mol. The number of pyridine rings is 1. The Kier molecular flexibility index (Phi) is 2.41. The van der Waals surface area contributed by atoms with Crippen molar-refractivity contribution in [1.29, 1.82) is 0 Å². The molecule has 66 valence electrons. The molecule has 1 rings (SSSR count). The van der Waals surface area contributed by atoms with Crippen LogP contribution in [0.3, 0.4) is 0 Å². The first-order valence-corrected chi connectivity index (χ1v) is 4.63. The average molecular weight is 190 g/mol. The van der Waals surface area contributed by atoms with Gasteiger partial charge in [0.1, 0.15) is 0 Å². The summed E-state index contributed by atoms with van der Waals surface area (Å²) in [5.41, 5.74) is -1.88. The maximum absolute atomic E-state index is 10.4. The second kappa shape index (κ2) is 3.18. The van der Waals surface area contributed by atoms with Crippen LogP contribution in [0, 0.1) is 0 Å². The second-order valence-corrected chi connectivity index (χ2v) is 3.66. The summed E-state index contributed by atoms with van der Waals surface area (Å²) in [4.78, 5) is 2.49. The topological polar surface area (TPSA) is 88.7 Å². The van der Waals surface area contributed by atoms with Crippen molar-refractivity contribution in [3.05, 3.63) is 30.1 Å². The summed E-state index contributed by atoms with van der Waals surface area (Å²) < 4.78 is 29.3. The molecule has 1 atom stereocenters. The van der Waals surface area contributed by atoms with Gasteiger partial charge >= 0.3 is 10.1 Å². The fourth-order valence-electron chi connectivity index (χ4n) is 0.721. The number of aliphatic hydroxyl groups excluding tert-OH is 1. The molecule has 0 saturated carbocycles. The molecule has 3 N–H and O–H groups in total. The molecule has 0 radical (unpaired) electrons. The van der Waals surface area contributed by atoms with Crippen molar-refractivity contribution in [3.63, 3.8) is 0 Å². The van der Waals surface area contributed by atoms with Gasteiger partial charge in [-0.05, 0) is 6.07 Å². The third kappa shape index (κ3) is 2.00. The van der Waals surface area contributed by atoms with Gasteiger partial charge in [0.25, 0.3) is 5.44 Å². The molecular formula is C6H8NO4S+. The van der Waals surface area contributed by atoms with Crippen molar-refractivity contribution in [2.24, 2.45) is 0 Å². The molecule has 1 unspecified atom stereocenters. The van der Waals surface area contributed by atoms with Crippen molar-refractivity contribution < 1.29 is 23.1 Å². The standard InChI is InChI=1S/C6H7NO4S/c8-6(12(9,10)11)5-3-1-2-4-7-5/h1-4,6,8H,(H,9,10,11)/p+1. The number of hydrogen-bond donors (Lipinski definition) is 2. The van der Waals surface area contributed by atoms with E-state index < -0.39 is 15.6 Å². The minimum atomic E-state index is -4.43. The molecule has 0 saturated heterocycles. The maximum atomic E-state index is 10.4. The lowest BCUT2D eigenvalue weighted by Gasteiger charge is -1.99. The number of hydrogen-bond acceptors (Lipinski definition) is 3. The maximum Gasteiger partial charge on any atom is 0.302 e. The van der Waals surface area contributed by atoms with Gasteiger partial charge in [0, 0.05) is 12.1 Å². The molecule has 1 aromatic heterocycles. The van der Waals surface area contributed by atoms with Crippen LogP contribution in [-0.4, -0.2) is 18.1 Å².